The fourth-order valence-electron chi connectivity index (χ4n) is 3.72. The zero-order valence-electron chi connectivity index (χ0n) is 15.6. The van der Waals surface area contributed by atoms with Gasteiger partial charge in [-0.3, -0.25) is 0 Å². The maximum absolute atomic E-state index is 14.0. The van der Waals surface area contributed by atoms with Crippen LogP contribution in [0.1, 0.15) is 0 Å². The van der Waals surface area contributed by atoms with Crippen molar-refractivity contribution < 1.29 is 13.5 Å². The van der Waals surface area contributed by atoms with Crippen LogP contribution in [0.2, 0.25) is 0 Å². The summed E-state index contributed by atoms with van der Waals surface area (Å²) in [5, 5.41) is 7.52. The molecule has 0 spiro atoms. The fourth-order valence-corrected chi connectivity index (χ4v) is 3.72. The summed E-state index contributed by atoms with van der Waals surface area (Å²) in [6.07, 6.45) is 0. The normalized spacial score (nSPS) is 11.3. The quantitative estimate of drug-likeness (QED) is 0.373. The lowest BCUT2D eigenvalue weighted by atomic mass is 10.0. The number of hydrogen-bond acceptors (Lipinski definition) is 2. The molecule has 142 valence electrons. The van der Waals surface area contributed by atoms with Gasteiger partial charge in [-0.05, 0) is 36.4 Å². The Hall–Kier alpha value is -3.73. The Kier molecular flexibility index (Phi) is 4.02. The molecule has 0 N–H and O–H groups in total. The predicted octanol–water partition coefficient (Wildman–Crippen LogP) is 6.13. The summed E-state index contributed by atoms with van der Waals surface area (Å²) >= 11 is 0. The third kappa shape index (κ3) is 2.74. The van der Waals surface area contributed by atoms with Crippen molar-refractivity contribution in [2.24, 2.45) is 0 Å². The largest absolute Gasteiger partial charge is 0.496 e. The molecule has 3 nitrogen and oxygen atoms in total. The number of rotatable bonds is 3. The fraction of sp³-hybridized carbons (Fsp3) is 0.0417. The summed E-state index contributed by atoms with van der Waals surface area (Å²) in [6, 6.07) is 23.4. The Bertz CT molecular complexity index is 1360. The van der Waals surface area contributed by atoms with E-state index in [4.69, 9.17) is 9.84 Å². The molecule has 0 saturated carbocycles. The molecule has 29 heavy (non-hydrogen) atoms. The minimum Gasteiger partial charge on any atom is -0.496 e. The van der Waals surface area contributed by atoms with Gasteiger partial charge >= 0.3 is 0 Å². The van der Waals surface area contributed by atoms with Gasteiger partial charge in [0.15, 0.2) is 11.6 Å². The lowest BCUT2D eigenvalue weighted by Crippen LogP contribution is -1.97. The number of fused-ring (bicyclic) bond motifs is 3. The van der Waals surface area contributed by atoms with Crippen LogP contribution in [0.5, 0.6) is 5.75 Å². The molecule has 0 aliphatic rings. The van der Waals surface area contributed by atoms with Gasteiger partial charge in [0.1, 0.15) is 11.4 Å². The molecule has 4 aromatic carbocycles. The highest BCUT2D eigenvalue weighted by atomic mass is 19.2. The molecule has 0 saturated heterocycles. The Labute approximate surface area is 165 Å². The van der Waals surface area contributed by atoms with Gasteiger partial charge in [-0.15, -0.1) is 0 Å². The molecule has 0 bridgehead atoms. The van der Waals surface area contributed by atoms with E-state index in [2.05, 4.69) is 0 Å². The summed E-state index contributed by atoms with van der Waals surface area (Å²) in [5.74, 6) is -1.09. The standard InChI is InChI=1S/C24H16F2N2O/c1-29-22-14-19-23(15-11-12-20(25)21(26)13-15)27-28(16-7-3-2-4-8-16)24(19)18-10-6-5-9-17(18)22/h2-14H,1H3. The topological polar surface area (TPSA) is 27.1 Å². The molecule has 0 unspecified atom stereocenters. The number of hydrogen-bond donors (Lipinski definition) is 0. The second-order valence-corrected chi connectivity index (χ2v) is 6.75. The van der Waals surface area contributed by atoms with Crippen LogP contribution in [-0.2, 0) is 0 Å². The predicted molar refractivity (Wildman–Crippen MR) is 110 cm³/mol. The Balaban J connectivity index is 1.94. The number of methoxy groups -OCH3 is 1. The van der Waals surface area contributed by atoms with Gasteiger partial charge in [0, 0.05) is 21.7 Å². The van der Waals surface area contributed by atoms with Crippen LogP contribution in [0.3, 0.4) is 0 Å². The van der Waals surface area contributed by atoms with Crippen molar-refractivity contribution in [2.45, 2.75) is 0 Å². The van der Waals surface area contributed by atoms with Crippen molar-refractivity contribution in [2.75, 3.05) is 7.11 Å². The van der Waals surface area contributed by atoms with Crippen molar-refractivity contribution >= 4 is 21.7 Å². The Morgan fingerprint density at radius 3 is 2.21 bits per heavy atom. The molecular weight excluding hydrogens is 370 g/mol. The molecule has 5 heteroatoms. The molecule has 0 amide bonds. The average molecular weight is 386 g/mol. The van der Waals surface area contributed by atoms with E-state index >= 15 is 0 Å². The average Bonchev–Trinajstić information content (AvgIpc) is 3.15. The lowest BCUT2D eigenvalue weighted by molar-refractivity contribution is 0.420. The molecule has 5 aromatic rings. The first-order chi connectivity index (χ1) is 14.2. The molecule has 1 heterocycles. The van der Waals surface area contributed by atoms with Crippen LogP contribution in [0.25, 0.3) is 38.6 Å². The van der Waals surface area contributed by atoms with E-state index in [9.17, 15) is 8.78 Å². The van der Waals surface area contributed by atoms with E-state index < -0.39 is 11.6 Å². The first kappa shape index (κ1) is 17.4. The van der Waals surface area contributed by atoms with E-state index in [-0.39, 0.29) is 0 Å². The number of para-hydroxylation sites is 1. The van der Waals surface area contributed by atoms with Crippen molar-refractivity contribution in [1.29, 1.82) is 0 Å². The SMILES string of the molecule is COc1cc2c(-c3ccc(F)c(F)c3)nn(-c3ccccc3)c2c2ccccc12. The molecule has 0 fully saturated rings. The van der Waals surface area contributed by atoms with Gasteiger partial charge in [-0.25, -0.2) is 13.5 Å². The summed E-state index contributed by atoms with van der Waals surface area (Å²) in [4.78, 5) is 0. The van der Waals surface area contributed by atoms with Crippen LogP contribution >= 0.6 is 0 Å². The van der Waals surface area contributed by atoms with Crippen molar-refractivity contribution in [3.05, 3.63) is 90.5 Å². The van der Waals surface area contributed by atoms with Gasteiger partial charge in [-0.1, -0.05) is 42.5 Å². The monoisotopic (exact) mass is 386 g/mol. The van der Waals surface area contributed by atoms with E-state index in [1.807, 2.05) is 65.3 Å². The maximum atomic E-state index is 14.0. The van der Waals surface area contributed by atoms with Crippen molar-refractivity contribution in [1.82, 2.24) is 9.78 Å². The Morgan fingerprint density at radius 2 is 1.48 bits per heavy atom. The summed E-state index contributed by atoms with van der Waals surface area (Å²) in [6.45, 7) is 0. The highest BCUT2D eigenvalue weighted by Crippen LogP contribution is 2.39. The minimum absolute atomic E-state index is 0.501. The van der Waals surface area contributed by atoms with Crippen LogP contribution < -0.4 is 4.74 Å². The molecule has 1 aromatic heterocycles. The zero-order chi connectivity index (χ0) is 20.0. The van der Waals surface area contributed by atoms with Crippen LogP contribution in [0, 0.1) is 11.6 Å². The highest BCUT2D eigenvalue weighted by Gasteiger charge is 2.19. The molecule has 0 aliphatic carbocycles. The van der Waals surface area contributed by atoms with Crippen LogP contribution in [0.15, 0.2) is 78.9 Å². The van der Waals surface area contributed by atoms with Gasteiger partial charge in [0.2, 0.25) is 0 Å². The van der Waals surface area contributed by atoms with E-state index in [0.29, 0.717) is 17.0 Å². The van der Waals surface area contributed by atoms with Crippen molar-refractivity contribution in [3.63, 3.8) is 0 Å². The number of benzene rings is 4. The molecule has 0 radical (unpaired) electrons. The third-order valence-corrected chi connectivity index (χ3v) is 5.06. The third-order valence-electron chi connectivity index (χ3n) is 5.06. The number of nitrogens with zero attached hydrogens (tertiary/aromatic N) is 2. The second-order valence-electron chi connectivity index (χ2n) is 6.75. The highest BCUT2D eigenvalue weighted by molar-refractivity contribution is 6.13. The Morgan fingerprint density at radius 1 is 0.759 bits per heavy atom. The first-order valence-corrected chi connectivity index (χ1v) is 9.16. The molecular formula is C24H16F2N2O. The maximum Gasteiger partial charge on any atom is 0.159 e. The lowest BCUT2D eigenvalue weighted by Gasteiger charge is -2.09. The van der Waals surface area contributed by atoms with Gasteiger partial charge in [0.25, 0.3) is 0 Å². The summed E-state index contributed by atoms with van der Waals surface area (Å²) < 4.78 is 34.9. The van der Waals surface area contributed by atoms with Crippen LogP contribution in [0.4, 0.5) is 8.78 Å². The first-order valence-electron chi connectivity index (χ1n) is 9.16. The second kappa shape index (κ2) is 6.71. The van der Waals surface area contributed by atoms with E-state index in [0.717, 1.165) is 33.4 Å². The summed E-state index contributed by atoms with van der Waals surface area (Å²) in [5.41, 5.74) is 2.82. The van der Waals surface area contributed by atoms with Gasteiger partial charge in [-0.2, -0.15) is 5.10 Å². The number of aromatic nitrogens is 2. The van der Waals surface area contributed by atoms with Crippen LogP contribution in [-0.4, -0.2) is 16.9 Å². The number of halogens is 2. The van der Waals surface area contributed by atoms with E-state index in [1.165, 1.54) is 12.1 Å². The van der Waals surface area contributed by atoms with Crippen molar-refractivity contribution in [3.8, 4) is 22.7 Å². The minimum atomic E-state index is -0.905. The van der Waals surface area contributed by atoms with Gasteiger partial charge in [0.05, 0.1) is 18.3 Å². The molecule has 0 aliphatic heterocycles. The molecule has 5 rings (SSSR count). The zero-order valence-corrected chi connectivity index (χ0v) is 15.6. The number of ether oxygens (including phenoxy) is 1. The molecule has 0 atom stereocenters. The summed E-state index contributed by atoms with van der Waals surface area (Å²) in [7, 11) is 1.62. The van der Waals surface area contributed by atoms with E-state index in [1.54, 1.807) is 7.11 Å². The van der Waals surface area contributed by atoms with Gasteiger partial charge < -0.3 is 4.74 Å². The smallest absolute Gasteiger partial charge is 0.159 e.